The second kappa shape index (κ2) is 4.99. The predicted molar refractivity (Wildman–Crippen MR) is 78.1 cm³/mol. The van der Waals surface area contributed by atoms with Gasteiger partial charge in [-0.15, -0.1) is 0 Å². The minimum Gasteiger partial charge on any atom is -0.294 e. The topological polar surface area (TPSA) is 17.1 Å². The van der Waals surface area contributed by atoms with Crippen LogP contribution in [-0.2, 0) is 12.8 Å². The van der Waals surface area contributed by atoms with Gasteiger partial charge in [-0.3, -0.25) is 4.79 Å². The molecule has 0 spiro atoms. The van der Waals surface area contributed by atoms with Crippen LogP contribution in [0.4, 0.5) is 0 Å². The zero-order valence-corrected chi connectivity index (χ0v) is 11.7. The van der Waals surface area contributed by atoms with Crippen molar-refractivity contribution in [2.24, 2.45) is 5.92 Å². The van der Waals surface area contributed by atoms with Gasteiger partial charge >= 0.3 is 0 Å². The van der Waals surface area contributed by atoms with Crippen LogP contribution >= 0.6 is 23.2 Å². The number of benzene rings is 2. The van der Waals surface area contributed by atoms with E-state index in [1.807, 2.05) is 12.1 Å². The number of Topliss-reactive ketones (excluding diaryl/α,β-unsaturated/α-hetero) is 1. The summed E-state index contributed by atoms with van der Waals surface area (Å²) in [6, 6.07) is 13.2. The maximum Gasteiger partial charge on any atom is 0.166 e. The fourth-order valence-electron chi connectivity index (χ4n) is 2.68. The molecule has 1 aliphatic rings. The molecule has 0 aliphatic heterocycles. The standard InChI is InChI=1S/C16H12Cl2O/c17-14-7-13(8-15(18)9-14)16(19)12-5-10-3-1-2-4-11(10)6-12/h1-4,7-9,12H,5-6H2. The summed E-state index contributed by atoms with van der Waals surface area (Å²) in [6.07, 6.45) is 1.61. The molecule has 2 aromatic rings. The number of halogens is 2. The van der Waals surface area contributed by atoms with E-state index in [4.69, 9.17) is 23.2 Å². The molecule has 0 amide bonds. The van der Waals surface area contributed by atoms with E-state index < -0.39 is 0 Å². The van der Waals surface area contributed by atoms with Crippen LogP contribution in [0.3, 0.4) is 0 Å². The van der Waals surface area contributed by atoms with E-state index in [-0.39, 0.29) is 11.7 Å². The van der Waals surface area contributed by atoms with Crippen molar-refractivity contribution in [3.05, 3.63) is 69.2 Å². The molecule has 0 N–H and O–H groups in total. The Morgan fingerprint density at radius 3 is 2.00 bits per heavy atom. The highest BCUT2D eigenvalue weighted by Gasteiger charge is 2.28. The number of hydrogen-bond acceptors (Lipinski definition) is 1. The molecule has 2 aromatic carbocycles. The van der Waals surface area contributed by atoms with Crippen LogP contribution in [0.1, 0.15) is 21.5 Å². The third-order valence-electron chi connectivity index (χ3n) is 3.57. The monoisotopic (exact) mass is 290 g/mol. The number of fused-ring (bicyclic) bond motifs is 1. The fraction of sp³-hybridized carbons (Fsp3) is 0.188. The second-order valence-electron chi connectivity index (χ2n) is 4.90. The summed E-state index contributed by atoms with van der Waals surface area (Å²) < 4.78 is 0. The van der Waals surface area contributed by atoms with E-state index in [2.05, 4.69) is 12.1 Å². The largest absolute Gasteiger partial charge is 0.294 e. The molecule has 0 saturated carbocycles. The van der Waals surface area contributed by atoms with E-state index in [9.17, 15) is 4.79 Å². The second-order valence-corrected chi connectivity index (χ2v) is 5.77. The average Bonchev–Trinajstić information content (AvgIpc) is 2.80. The fourth-order valence-corrected chi connectivity index (χ4v) is 3.20. The Morgan fingerprint density at radius 1 is 0.947 bits per heavy atom. The number of carbonyl (C=O) groups is 1. The Labute approximate surface area is 122 Å². The van der Waals surface area contributed by atoms with Gasteiger partial charge in [0.15, 0.2) is 5.78 Å². The Hall–Kier alpha value is -1.31. The quantitative estimate of drug-likeness (QED) is 0.739. The lowest BCUT2D eigenvalue weighted by Gasteiger charge is -2.08. The van der Waals surface area contributed by atoms with Crippen LogP contribution in [0.25, 0.3) is 0 Å². The molecular formula is C16H12Cl2O. The van der Waals surface area contributed by atoms with Crippen LogP contribution < -0.4 is 0 Å². The van der Waals surface area contributed by atoms with Gasteiger partial charge in [-0.25, -0.2) is 0 Å². The molecule has 0 bridgehead atoms. The van der Waals surface area contributed by atoms with E-state index in [0.717, 1.165) is 12.8 Å². The Morgan fingerprint density at radius 2 is 1.47 bits per heavy atom. The molecule has 1 aliphatic carbocycles. The van der Waals surface area contributed by atoms with Crippen LogP contribution in [0, 0.1) is 5.92 Å². The van der Waals surface area contributed by atoms with Gasteiger partial charge in [0.05, 0.1) is 0 Å². The van der Waals surface area contributed by atoms with Crippen molar-refractivity contribution in [3.63, 3.8) is 0 Å². The van der Waals surface area contributed by atoms with E-state index in [1.54, 1.807) is 18.2 Å². The van der Waals surface area contributed by atoms with Crippen molar-refractivity contribution in [1.82, 2.24) is 0 Å². The molecule has 3 rings (SSSR count). The molecule has 0 heterocycles. The predicted octanol–water partition coefficient (Wildman–Crippen LogP) is 4.59. The Bertz CT molecular complexity index is 604. The van der Waals surface area contributed by atoms with Crippen LogP contribution in [0.2, 0.25) is 10.0 Å². The Kier molecular flexibility index (Phi) is 3.34. The molecule has 0 aromatic heterocycles. The molecule has 0 fully saturated rings. The SMILES string of the molecule is O=C(c1cc(Cl)cc(Cl)c1)C1Cc2ccccc2C1. The zero-order chi connectivity index (χ0) is 13.4. The van der Waals surface area contributed by atoms with Crippen LogP contribution in [0.5, 0.6) is 0 Å². The number of rotatable bonds is 2. The first-order chi connectivity index (χ1) is 9.13. The highest BCUT2D eigenvalue weighted by molar-refractivity contribution is 6.35. The van der Waals surface area contributed by atoms with Gasteiger partial charge in [-0.1, -0.05) is 47.5 Å². The first-order valence-electron chi connectivity index (χ1n) is 6.20. The third-order valence-corrected chi connectivity index (χ3v) is 4.01. The molecular weight excluding hydrogens is 279 g/mol. The first kappa shape index (κ1) is 12.7. The van der Waals surface area contributed by atoms with E-state index in [1.165, 1.54) is 11.1 Å². The van der Waals surface area contributed by atoms with Gasteiger partial charge in [0, 0.05) is 21.5 Å². The minimum atomic E-state index is 0.00642. The van der Waals surface area contributed by atoms with Crippen molar-refractivity contribution in [2.45, 2.75) is 12.8 Å². The van der Waals surface area contributed by atoms with Gasteiger partial charge < -0.3 is 0 Å². The summed E-state index contributed by atoms with van der Waals surface area (Å²) >= 11 is 11.9. The lowest BCUT2D eigenvalue weighted by Crippen LogP contribution is -2.15. The maximum absolute atomic E-state index is 12.5. The van der Waals surface area contributed by atoms with E-state index in [0.29, 0.717) is 15.6 Å². The molecule has 0 saturated heterocycles. The molecule has 3 heteroatoms. The summed E-state index contributed by atoms with van der Waals surface area (Å²) in [4.78, 5) is 12.5. The van der Waals surface area contributed by atoms with E-state index >= 15 is 0 Å². The van der Waals surface area contributed by atoms with Crippen molar-refractivity contribution < 1.29 is 4.79 Å². The molecule has 0 atom stereocenters. The summed E-state index contributed by atoms with van der Waals surface area (Å²) in [7, 11) is 0. The molecule has 1 nitrogen and oxygen atoms in total. The highest BCUT2D eigenvalue weighted by atomic mass is 35.5. The molecule has 0 radical (unpaired) electrons. The lowest BCUT2D eigenvalue weighted by molar-refractivity contribution is 0.0924. The third kappa shape index (κ3) is 2.54. The Balaban J connectivity index is 1.87. The summed E-state index contributed by atoms with van der Waals surface area (Å²) in [5, 5.41) is 1.01. The lowest BCUT2D eigenvalue weighted by atomic mass is 9.95. The van der Waals surface area contributed by atoms with Gasteiger partial charge in [0.25, 0.3) is 0 Å². The smallest absolute Gasteiger partial charge is 0.166 e. The van der Waals surface area contributed by atoms with Gasteiger partial charge in [0.1, 0.15) is 0 Å². The number of ketones is 1. The summed E-state index contributed by atoms with van der Waals surface area (Å²) in [5.41, 5.74) is 3.15. The zero-order valence-electron chi connectivity index (χ0n) is 10.2. The molecule has 96 valence electrons. The molecule has 0 unspecified atom stereocenters. The van der Waals surface area contributed by atoms with Crippen molar-refractivity contribution in [1.29, 1.82) is 0 Å². The summed E-state index contributed by atoms with van der Waals surface area (Å²) in [5.74, 6) is 0.132. The first-order valence-corrected chi connectivity index (χ1v) is 6.96. The normalized spacial score (nSPS) is 14.4. The van der Waals surface area contributed by atoms with Crippen LogP contribution in [-0.4, -0.2) is 5.78 Å². The van der Waals surface area contributed by atoms with Crippen molar-refractivity contribution in [3.8, 4) is 0 Å². The number of hydrogen-bond donors (Lipinski definition) is 0. The highest BCUT2D eigenvalue weighted by Crippen LogP contribution is 2.30. The average molecular weight is 291 g/mol. The number of carbonyl (C=O) groups excluding carboxylic acids is 1. The van der Waals surface area contributed by atoms with Gasteiger partial charge in [-0.05, 0) is 42.2 Å². The minimum absolute atomic E-state index is 0.00642. The summed E-state index contributed by atoms with van der Waals surface area (Å²) in [6.45, 7) is 0. The van der Waals surface area contributed by atoms with Crippen molar-refractivity contribution in [2.75, 3.05) is 0 Å². The molecule has 19 heavy (non-hydrogen) atoms. The van der Waals surface area contributed by atoms with Crippen LogP contribution in [0.15, 0.2) is 42.5 Å². The van der Waals surface area contributed by atoms with Crippen molar-refractivity contribution >= 4 is 29.0 Å². The maximum atomic E-state index is 12.5. The van der Waals surface area contributed by atoms with Gasteiger partial charge in [0.2, 0.25) is 0 Å². The van der Waals surface area contributed by atoms with Gasteiger partial charge in [-0.2, -0.15) is 0 Å².